The number of likely N-dealkylation sites (N-methyl/N-ethyl adjacent to an activating group) is 1. The summed E-state index contributed by atoms with van der Waals surface area (Å²) in [5.41, 5.74) is 3.50. The van der Waals surface area contributed by atoms with E-state index in [1.54, 1.807) is 6.26 Å². The quantitative estimate of drug-likeness (QED) is 0.933. The Kier molecular flexibility index (Phi) is 3.72. The number of benzene rings is 1. The minimum atomic E-state index is 0.122. The lowest BCUT2D eigenvalue weighted by Gasteiger charge is -2.17. The van der Waals surface area contributed by atoms with E-state index < -0.39 is 0 Å². The second-order valence-electron chi connectivity index (χ2n) is 5.16. The largest absolute Gasteiger partial charge is 0.493 e. The summed E-state index contributed by atoms with van der Waals surface area (Å²) in [5.74, 6) is 1.97. The number of nitrogens with one attached hydrogen (secondary N) is 1. The van der Waals surface area contributed by atoms with Crippen molar-refractivity contribution in [2.24, 2.45) is 0 Å². The lowest BCUT2D eigenvalue weighted by atomic mass is 9.99. The van der Waals surface area contributed by atoms with Crippen LogP contribution in [0.5, 0.6) is 5.75 Å². The maximum absolute atomic E-state index is 6.21. The van der Waals surface area contributed by atoms with Gasteiger partial charge in [-0.25, -0.2) is 0 Å². The van der Waals surface area contributed by atoms with Gasteiger partial charge in [0.15, 0.2) is 0 Å². The first-order chi connectivity index (χ1) is 9.69. The predicted molar refractivity (Wildman–Crippen MR) is 79.6 cm³/mol. The van der Waals surface area contributed by atoms with Crippen molar-refractivity contribution >= 4 is 11.6 Å². The molecule has 0 aliphatic carbocycles. The summed E-state index contributed by atoms with van der Waals surface area (Å²) in [7, 11) is 1.94. The molecule has 1 aromatic heterocycles. The Hall–Kier alpha value is -1.45. The first-order valence-electron chi connectivity index (χ1n) is 6.84. The molecule has 0 radical (unpaired) electrons. The lowest BCUT2D eigenvalue weighted by molar-refractivity contribution is 0.350. The minimum absolute atomic E-state index is 0.122. The zero-order valence-corrected chi connectivity index (χ0v) is 12.5. The summed E-state index contributed by atoms with van der Waals surface area (Å²) in [6.45, 7) is 2.80. The van der Waals surface area contributed by atoms with Gasteiger partial charge in [-0.3, -0.25) is 0 Å². The number of aryl methyl sites for hydroxylation is 1. The fourth-order valence-electron chi connectivity index (χ4n) is 2.78. The van der Waals surface area contributed by atoms with E-state index in [9.17, 15) is 0 Å². The van der Waals surface area contributed by atoms with Gasteiger partial charge in [0.2, 0.25) is 0 Å². The van der Waals surface area contributed by atoms with Crippen LogP contribution in [0.4, 0.5) is 0 Å². The summed E-state index contributed by atoms with van der Waals surface area (Å²) in [6.07, 6.45) is 3.47. The highest BCUT2D eigenvalue weighted by molar-refractivity contribution is 6.30. The molecule has 1 aliphatic heterocycles. The molecule has 1 N–H and O–H groups in total. The Morgan fingerprint density at radius 1 is 1.40 bits per heavy atom. The molecule has 1 unspecified atom stereocenters. The Balaban J connectivity index is 1.92. The zero-order chi connectivity index (χ0) is 14.1. The molecule has 0 amide bonds. The van der Waals surface area contributed by atoms with E-state index >= 15 is 0 Å². The maximum Gasteiger partial charge on any atom is 0.125 e. The van der Waals surface area contributed by atoms with Crippen molar-refractivity contribution in [1.82, 2.24) is 5.32 Å². The highest BCUT2D eigenvalue weighted by Crippen LogP contribution is 2.35. The number of ether oxygens (including phenoxy) is 1. The Labute approximate surface area is 123 Å². The summed E-state index contributed by atoms with van der Waals surface area (Å²) in [5, 5.41) is 4.09. The summed E-state index contributed by atoms with van der Waals surface area (Å²) in [6, 6.07) is 6.10. The number of hydrogen-bond donors (Lipinski definition) is 1. The van der Waals surface area contributed by atoms with Gasteiger partial charge in [-0.05, 0) is 55.3 Å². The van der Waals surface area contributed by atoms with E-state index in [1.165, 1.54) is 5.56 Å². The van der Waals surface area contributed by atoms with Crippen LogP contribution in [-0.2, 0) is 12.8 Å². The van der Waals surface area contributed by atoms with Gasteiger partial charge in [0.05, 0.1) is 18.9 Å². The monoisotopic (exact) mass is 291 g/mol. The van der Waals surface area contributed by atoms with Gasteiger partial charge in [-0.1, -0.05) is 11.6 Å². The first kappa shape index (κ1) is 13.5. The van der Waals surface area contributed by atoms with Crippen LogP contribution in [0.25, 0.3) is 0 Å². The van der Waals surface area contributed by atoms with E-state index in [0.717, 1.165) is 47.1 Å². The summed E-state index contributed by atoms with van der Waals surface area (Å²) >= 11 is 6.21. The van der Waals surface area contributed by atoms with E-state index in [0.29, 0.717) is 0 Å². The molecule has 0 spiro atoms. The normalized spacial score (nSPS) is 14.9. The first-order valence-corrected chi connectivity index (χ1v) is 7.22. The number of halogens is 1. The van der Waals surface area contributed by atoms with Crippen molar-refractivity contribution in [1.29, 1.82) is 0 Å². The van der Waals surface area contributed by atoms with Crippen molar-refractivity contribution < 1.29 is 9.15 Å². The molecule has 20 heavy (non-hydrogen) atoms. The molecule has 2 aromatic rings. The highest BCUT2D eigenvalue weighted by atomic mass is 35.5. The average molecular weight is 292 g/mol. The summed E-state index contributed by atoms with van der Waals surface area (Å²) in [4.78, 5) is 0. The Morgan fingerprint density at radius 3 is 2.95 bits per heavy atom. The van der Waals surface area contributed by atoms with Crippen molar-refractivity contribution in [3.05, 3.63) is 51.9 Å². The smallest absolute Gasteiger partial charge is 0.125 e. The molecular weight excluding hydrogens is 274 g/mol. The third kappa shape index (κ3) is 2.43. The SMILES string of the molecule is CNC(Cc1cc(Cl)cc2c1OCC2)c1occc1C. The molecule has 1 atom stereocenters. The van der Waals surface area contributed by atoms with Crippen LogP contribution in [-0.4, -0.2) is 13.7 Å². The van der Waals surface area contributed by atoms with E-state index in [2.05, 4.69) is 12.2 Å². The van der Waals surface area contributed by atoms with Crippen LogP contribution in [0.1, 0.15) is 28.5 Å². The zero-order valence-electron chi connectivity index (χ0n) is 11.7. The molecule has 0 bridgehead atoms. The number of rotatable bonds is 4. The molecule has 3 rings (SSSR count). The van der Waals surface area contributed by atoms with Gasteiger partial charge in [-0.15, -0.1) is 0 Å². The molecule has 2 heterocycles. The standard InChI is InChI=1S/C16H18ClNO2/c1-10-3-5-19-15(10)14(18-2)9-12-8-13(17)7-11-4-6-20-16(11)12/h3,5,7-8,14,18H,4,6,9H2,1-2H3. The molecule has 0 saturated carbocycles. The van der Waals surface area contributed by atoms with E-state index in [1.807, 2.05) is 25.2 Å². The van der Waals surface area contributed by atoms with E-state index in [-0.39, 0.29) is 6.04 Å². The molecule has 0 fully saturated rings. The maximum atomic E-state index is 6.21. The second-order valence-corrected chi connectivity index (χ2v) is 5.60. The minimum Gasteiger partial charge on any atom is -0.493 e. The molecule has 1 aliphatic rings. The number of furan rings is 1. The Bertz CT molecular complexity index is 621. The fraction of sp³-hybridized carbons (Fsp3) is 0.375. The molecule has 106 valence electrons. The van der Waals surface area contributed by atoms with Crippen molar-refractivity contribution in [3.8, 4) is 5.75 Å². The highest BCUT2D eigenvalue weighted by Gasteiger charge is 2.22. The van der Waals surface area contributed by atoms with Gasteiger partial charge in [-0.2, -0.15) is 0 Å². The van der Waals surface area contributed by atoms with Gasteiger partial charge >= 0.3 is 0 Å². The van der Waals surface area contributed by atoms with Crippen LogP contribution in [0.3, 0.4) is 0 Å². The van der Waals surface area contributed by atoms with Gasteiger partial charge in [0.25, 0.3) is 0 Å². The topological polar surface area (TPSA) is 34.4 Å². The molecule has 0 saturated heterocycles. The predicted octanol–water partition coefficient (Wildman–Crippen LogP) is 3.68. The van der Waals surface area contributed by atoms with E-state index in [4.69, 9.17) is 20.8 Å². The van der Waals surface area contributed by atoms with Crippen molar-refractivity contribution in [2.75, 3.05) is 13.7 Å². The summed E-state index contributed by atoms with van der Waals surface area (Å²) < 4.78 is 11.4. The van der Waals surface area contributed by atoms with Crippen LogP contribution >= 0.6 is 11.6 Å². The lowest BCUT2D eigenvalue weighted by Crippen LogP contribution is -2.19. The number of hydrogen-bond acceptors (Lipinski definition) is 3. The second kappa shape index (κ2) is 5.51. The molecule has 1 aromatic carbocycles. The molecule has 4 heteroatoms. The third-order valence-electron chi connectivity index (χ3n) is 3.82. The van der Waals surface area contributed by atoms with Crippen molar-refractivity contribution in [2.45, 2.75) is 25.8 Å². The van der Waals surface area contributed by atoms with Crippen LogP contribution in [0.15, 0.2) is 28.9 Å². The number of fused-ring (bicyclic) bond motifs is 1. The van der Waals surface area contributed by atoms with Crippen LogP contribution in [0, 0.1) is 6.92 Å². The fourth-order valence-corrected chi connectivity index (χ4v) is 3.05. The van der Waals surface area contributed by atoms with Gasteiger partial charge in [0, 0.05) is 11.4 Å². The van der Waals surface area contributed by atoms with Crippen molar-refractivity contribution in [3.63, 3.8) is 0 Å². The van der Waals surface area contributed by atoms with Gasteiger partial charge in [0.1, 0.15) is 11.5 Å². The van der Waals surface area contributed by atoms with Crippen LogP contribution in [0.2, 0.25) is 5.02 Å². The third-order valence-corrected chi connectivity index (χ3v) is 4.03. The van der Waals surface area contributed by atoms with Crippen LogP contribution < -0.4 is 10.1 Å². The Morgan fingerprint density at radius 2 is 2.25 bits per heavy atom. The molecule has 3 nitrogen and oxygen atoms in total. The molecular formula is C16H18ClNO2. The van der Waals surface area contributed by atoms with Gasteiger partial charge < -0.3 is 14.5 Å². The average Bonchev–Trinajstić information content (AvgIpc) is 3.04.